The van der Waals surface area contributed by atoms with Gasteiger partial charge in [-0.1, -0.05) is 54.6 Å². The fourth-order valence-corrected chi connectivity index (χ4v) is 4.93. The Balaban J connectivity index is 1.77. The van der Waals surface area contributed by atoms with Gasteiger partial charge in [0.2, 0.25) is 0 Å². The Morgan fingerprint density at radius 1 is 1.11 bits per heavy atom. The van der Waals surface area contributed by atoms with E-state index in [0.717, 1.165) is 22.4 Å². The van der Waals surface area contributed by atoms with E-state index < -0.39 is 12.1 Å². The molecule has 1 aliphatic heterocycles. The SMILES string of the molecule is CCOc1ccc(C2=NN(C(NC(=O)c3ccccn3)c3ccc(C)cc3)C(=O)SC2CC)cc1OC. The third kappa shape index (κ3) is 5.94. The second-order valence-corrected chi connectivity index (χ2v) is 9.56. The zero-order chi connectivity index (χ0) is 26.4. The minimum atomic E-state index is -0.826. The van der Waals surface area contributed by atoms with E-state index in [-0.39, 0.29) is 16.2 Å². The minimum Gasteiger partial charge on any atom is -0.493 e. The van der Waals surface area contributed by atoms with Gasteiger partial charge in [0.25, 0.3) is 5.91 Å². The largest absolute Gasteiger partial charge is 0.493 e. The Morgan fingerprint density at radius 3 is 2.54 bits per heavy atom. The van der Waals surface area contributed by atoms with Crippen LogP contribution in [0.15, 0.2) is 72.0 Å². The molecule has 0 spiro atoms. The molecular formula is C28H30N4O4S. The van der Waals surface area contributed by atoms with E-state index >= 15 is 0 Å². The summed E-state index contributed by atoms with van der Waals surface area (Å²) in [6, 6.07) is 18.4. The number of carbonyl (C=O) groups is 2. The summed E-state index contributed by atoms with van der Waals surface area (Å²) in [5, 5.41) is 8.73. The van der Waals surface area contributed by atoms with E-state index in [9.17, 15) is 9.59 Å². The molecule has 1 aromatic heterocycles. The molecule has 9 heteroatoms. The number of benzene rings is 2. The van der Waals surface area contributed by atoms with Crippen molar-refractivity contribution in [2.24, 2.45) is 5.10 Å². The number of amides is 2. The lowest BCUT2D eigenvalue weighted by Crippen LogP contribution is -2.44. The lowest BCUT2D eigenvalue weighted by molar-refractivity contribution is 0.0882. The van der Waals surface area contributed by atoms with Crippen LogP contribution in [0.3, 0.4) is 0 Å². The van der Waals surface area contributed by atoms with Gasteiger partial charge >= 0.3 is 5.24 Å². The van der Waals surface area contributed by atoms with Gasteiger partial charge in [0.1, 0.15) is 5.69 Å². The standard InChI is InChI=1S/C28H30N4O4S/c1-5-24-25(20-14-15-22(36-6-2)23(17-20)35-4)31-32(28(34)37-24)26(19-12-10-18(3)11-13-19)30-27(33)21-9-7-8-16-29-21/h7-17,24,26H,5-6H2,1-4H3,(H,30,33). The smallest absolute Gasteiger partial charge is 0.304 e. The van der Waals surface area contributed by atoms with E-state index in [2.05, 4.69) is 10.3 Å². The predicted octanol–water partition coefficient (Wildman–Crippen LogP) is 5.58. The summed E-state index contributed by atoms with van der Waals surface area (Å²) in [4.78, 5) is 30.6. The molecule has 2 atom stereocenters. The van der Waals surface area contributed by atoms with Crippen molar-refractivity contribution >= 4 is 28.6 Å². The Morgan fingerprint density at radius 2 is 1.89 bits per heavy atom. The first-order valence-electron chi connectivity index (χ1n) is 12.1. The van der Waals surface area contributed by atoms with Crippen molar-refractivity contribution in [1.82, 2.24) is 15.3 Å². The summed E-state index contributed by atoms with van der Waals surface area (Å²) in [6.45, 7) is 6.42. The van der Waals surface area contributed by atoms with E-state index in [1.54, 1.807) is 31.5 Å². The molecule has 0 saturated heterocycles. The van der Waals surface area contributed by atoms with Crippen LogP contribution in [0.1, 0.15) is 53.6 Å². The number of aryl methyl sites for hydroxylation is 1. The highest BCUT2D eigenvalue weighted by atomic mass is 32.2. The van der Waals surface area contributed by atoms with Gasteiger partial charge in [0.05, 0.1) is 24.7 Å². The number of hydrogen-bond donors (Lipinski definition) is 1. The first kappa shape index (κ1) is 26.2. The van der Waals surface area contributed by atoms with Crippen molar-refractivity contribution in [3.8, 4) is 11.5 Å². The van der Waals surface area contributed by atoms with Crippen molar-refractivity contribution < 1.29 is 19.1 Å². The second kappa shape index (κ2) is 11.9. The van der Waals surface area contributed by atoms with Crippen molar-refractivity contribution in [3.05, 3.63) is 89.2 Å². The summed E-state index contributed by atoms with van der Waals surface area (Å²) in [5.74, 6) is 0.823. The summed E-state index contributed by atoms with van der Waals surface area (Å²) in [6.07, 6.45) is 1.43. The topological polar surface area (TPSA) is 93.1 Å². The van der Waals surface area contributed by atoms with Crippen LogP contribution in [0.2, 0.25) is 0 Å². The van der Waals surface area contributed by atoms with E-state index in [1.807, 2.05) is 63.2 Å². The van der Waals surface area contributed by atoms with Gasteiger partial charge in [-0.15, -0.1) is 0 Å². The third-order valence-corrected chi connectivity index (χ3v) is 7.11. The molecule has 4 rings (SSSR count). The van der Waals surface area contributed by atoms with Gasteiger partial charge < -0.3 is 14.8 Å². The second-order valence-electron chi connectivity index (χ2n) is 8.41. The lowest BCUT2D eigenvalue weighted by Gasteiger charge is -2.34. The van der Waals surface area contributed by atoms with Crippen molar-refractivity contribution in [2.45, 2.75) is 38.6 Å². The van der Waals surface area contributed by atoms with Crippen LogP contribution >= 0.6 is 11.8 Å². The highest BCUT2D eigenvalue weighted by molar-refractivity contribution is 8.14. The Bertz CT molecular complexity index is 1280. The van der Waals surface area contributed by atoms with Gasteiger partial charge in [-0.25, -0.2) is 0 Å². The molecule has 0 radical (unpaired) electrons. The Hall–Kier alpha value is -3.85. The zero-order valence-corrected chi connectivity index (χ0v) is 22.1. The first-order valence-corrected chi connectivity index (χ1v) is 13.0. The minimum absolute atomic E-state index is 0.156. The molecule has 1 aliphatic rings. The van der Waals surface area contributed by atoms with E-state index in [4.69, 9.17) is 14.6 Å². The van der Waals surface area contributed by atoms with Gasteiger partial charge in [-0.3, -0.25) is 14.6 Å². The molecule has 192 valence electrons. The molecule has 1 N–H and O–H groups in total. The van der Waals surface area contributed by atoms with Crippen LogP contribution in [0.25, 0.3) is 0 Å². The van der Waals surface area contributed by atoms with E-state index in [0.29, 0.717) is 24.5 Å². The number of methoxy groups -OCH3 is 1. The fourth-order valence-electron chi connectivity index (χ4n) is 3.97. The van der Waals surface area contributed by atoms with Gasteiger partial charge in [-0.05, 0) is 56.2 Å². The van der Waals surface area contributed by atoms with Gasteiger partial charge in [0, 0.05) is 11.8 Å². The quantitative estimate of drug-likeness (QED) is 0.398. The molecular weight excluding hydrogens is 488 g/mol. The number of carbonyl (C=O) groups excluding carboxylic acids is 2. The zero-order valence-electron chi connectivity index (χ0n) is 21.3. The van der Waals surface area contributed by atoms with Crippen LogP contribution in [0, 0.1) is 6.92 Å². The van der Waals surface area contributed by atoms with Crippen LogP contribution < -0.4 is 14.8 Å². The van der Waals surface area contributed by atoms with Gasteiger partial charge in [-0.2, -0.15) is 10.1 Å². The fraction of sp³-hybridized carbons (Fsp3) is 0.286. The highest BCUT2D eigenvalue weighted by Crippen LogP contribution is 2.36. The molecule has 37 heavy (non-hydrogen) atoms. The van der Waals surface area contributed by atoms with E-state index in [1.165, 1.54) is 16.8 Å². The monoisotopic (exact) mass is 518 g/mol. The number of hydrogen-bond acceptors (Lipinski definition) is 7. The summed E-state index contributed by atoms with van der Waals surface area (Å²) < 4.78 is 11.2. The number of nitrogens with one attached hydrogen (secondary N) is 1. The first-order chi connectivity index (χ1) is 17.9. The summed E-state index contributed by atoms with van der Waals surface area (Å²) >= 11 is 1.19. The molecule has 2 aromatic carbocycles. The number of rotatable bonds is 9. The van der Waals surface area contributed by atoms with Gasteiger partial charge in [0.15, 0.2) is 17.7 Å². The normalized spacial score (nSPS) is 16.1. The van der Waals surface area contributed by atoms with Crippen LogP contribution in [0.4, 0.5) is 4.79 Å². The maximum atomic E-state index is 13.4. The molecule has 0 aliphatic carbocycles. The number of aromatic nitrogens is 1. The summed E-state index contributed by atoms with van der Waals surface area (Å²) in [5.41, 5.74) is 3.58. The maximum absolute atomic E-state index is 13.4. The van der Waals surface area contributed by atoms with Crippen molar-refractivity contribution in [1.29, 1.82) is 0 Å². The average Bonchev–Trinajstić information content (AvgIpc) is 2.93. The lowest BCUT2D eigenvalue weighted by atomic mass is 10.0. The number of ether oxygens (including phenoxy) is 2. The average molecular weight is 519 g/mol. The van der Waals surface area contributed by atoms with Crippen LogP contribution in [-0.2, 0) is 0 Å². The van der Waals surface area contributed by atoms with Crippen molar-refractivity contribution in [3.63, 3.8) is 0 Å². The molecule has 0 saturated carbocycles. The number of thioether (sulfide) groups is 1. The van der Waals surface area contributed by atoms with Crippen LogP contribution in [0.5, 0.6) is 11.5 Å². The Labute approximate surface area is 221 Å². The Kier molecular flexibility index (Phi) is 8.45. The number of pyridine rings is 1. The maximum Gasteiger partial charge on any atom is 0.304 e. The molecule has 8 nitrogen and oxygen atoms in total. The molecule has 2 amide bonds. The molecule has 2 heterocycles. The molecule has 0 bridgehead atoms. The highest BCUT2D eigenvalue weighted by Gasteiger charge is 2.36. The molecule has 3 aromatic rings. The number of hydrazone groups is 1. The van der Waals surface area contributed by atoms with Crippen molar-refractivity contribution in [2.75, 3.05) is 13.7 Å². The van der Waals surface area contributed by atoms with Crippen LogP contribution in [-0.4, -0.2) is 45.8 Å². The summed E-state index contributed by atoms with van der Waals surface area (Å²) in [7, 11) is 1.59. The predicted molar refractivity (Wildman–Crippen MR) is 145 cm³/mol. The number of nitrogens with zero attached hydrogens (tertiary/aromatic N) is 3. The third-order valence-electron chi connectivity index (χ3n) is 5.88. The molecule has 2 unspecified atom stereocenters. The molecule has 0 fully saturated rings.